The molecule has 1 N–H and O–H groups in total. The van der Waals surface area contributed by atoms with Gasteiger partial charge >= 0.3 is 5.97 Å². The molecule has 0 unspecified atom stereocenters. The number of rotatable bonds is 7. The van der Waals surface area contributed by atoms with Crippen molar-refractivity contribution in [2.24, 2.45) is 0 Å². The monoisotopic (exact) mass is 325 g/mol. The lowest BCUT2D eigenvalue weighted by atomic mass is 10.1. The number of esters is 1. The number of carbonyl (C=O) groups excluding carboxylic acids is 2. The van der Waals surface area contributed by atoms with E-state index >= 15 is 0 Å². The van der Waals surface area contributed by atoms with Gasteiger partial charge < -0.3 is 14.8 Å². The molecule has 0 radical (unpaired) electrons. The largest absolute Gasteiger partial charge is 0.482 e. The van der Waals surface area contributed by atoms with Gasteiger partial charge in [0.15, 0.2) is 13.2 Å². The van der Waals surface area contributed by atoms with Crippen LogP contribution in [0.3, 0.4) is 0 Å². The van der Waals surface area contributed by atoms with Gasteiger partial charge in [0.2, 0.25) is 0 Å². The molecule has 0 saturated heterocycles. The normalized spacial score (nSPS) is 13.2. The highest BCUT2D eigenvalue weighted by molar-refractivity contribution is 5.81. The molecular formula is C19H19NO4. The molecule has 124 valence electrons. The molecule has 0 spiro atoms. The van der Waals surface area contributed by atoms with Crippen molar-refractivity contribution in [2.45, 2.75) is 18.9 Å². The zero-order valence-electron chi connectivity index (χ0n) is 13.2. The predicted molar refractivity (Wildman–Crippen MR) is 89.5 cm³/mol. The van der Waals surface area contributed by atoms with Gasteiger partial charge in [0.1, 0.15) is 5.75 Å². The molecule has 0 atom stereocenters. The van der Waals surface area contributed by atoms with Gasteiger partial charge in [-0.3, -0.25) is 4.79 Å². The Kier molecular flexibility index (Phi) is 5.11. The summed E-state index contributed by atoms with van der Waals surface area (Å²) in [4.78, 5) is 23.0. The molecule has 1 amide bonds. The van der Waals surface area contributed by atoms with E-state index in [1.54, 1.807) is 12.1 Å². The van der Waals surface area contributed by atoms with E-state index in [0.717, 1.165) is 24.0 Å². The average Bonchev–Trinajstić information content (AvgIpc) is 3.43. The fourth-order valence-electron chi connectivity index (χ4n) is 2.20. The fraction of sp³-hybridized carbons (Fsp3) is 0.263. The lowest BCUT2D eigenvalue weighted by Gasteiger charge is -2.08. The number of benzene rings is 2. The first-order valence-electron chi connectivity index (χ1n) is 7.94. The highest BCUT2D eigenvalue weighted by atomic mass is 16.6. The van der Waals surface area contributed by atoms with Gasteiger partial charge in [0.25, 0.3) is 5.91 Å². The summed E-state index contributed by atoms with van der Waals surface area (Å²) in [5.74, 6) is -0.250. The summed E-state index contributed by atoms with van der Waals surface area (Å²) in [5.41, 5.74) is 2.19. The second-order valence-corrected chi connectivity index (χ2v) is 5.68. The van der Waals surface area contributed by atoms with Crippen LogP contribution in [0.4, 0.5) is 0 Å². The van der Waals surface area contributed by atoms with Gasteiger partial charge in [0, 0.05) is 6.04 Å². The van der Waals surface area contributed by atoms with Crippen molar-refractivity contribution in [1.82, 2.24) is 5.32 Å². The summed E-state index contributed by atoms with van der Waals surface area (Å²) >= 11 is 0. The lowest BCUT2D eigenvalue weighted by molar-refractivity contribution is -0.150. The van der Waals surface area contributed by atoms with Crippen molar-refractivity contribution in [3.05, 3.63) is 54.6 Å². The maximum absolute atomic E-state index is 11.6. The lowest BCUT2D eigenvalue weighted by Crippen LogP contribution is -2.31. The third-order valence-corrected chi connectivity index (χ3v) is 3.62. The van der Waals surface area contributed by atoms with Crippen molar-refractivity contribution in [3.8, 4) is 16.9 Å². The van der Waals surface area contributed by atoms with Gasteiger partial charge in [-0.25, -0.2) is 4.79 Å². The molecule has 3 rings (SSSR count). The number of hydrogen-bond donors (Lipinski definition) is 1. The quantitative estimate of drug-likeness (QED) is 0.795. The predicted octanol–water partition coefficient (Wildman–Crippen LogP) is 2.55. The Morgan fingerprint density at radius 3 is 2.25 bits per heavy atom. The number of hydrogen-bond acceptors (Lipinski definition) is 4. The summed E-state index contributed by atoms with van der Waals surface area (Å²) in [7, 11) is 0. The minimum absolute atomic E-state index is 0.221. The number of carbonyl (C=O) groups is 2. The van der Waals surface area contributed by atoms with E-state index in [9.17, 15) is 9.59 Å². The van der Waals surface area contributed by atoms with Crippen molar-refractivity contribution >= 4 is 11.9 Å². The van der Waals surface area contributed by atoms with Crippen LogP contribution in [0.1, 0.15) is 12.8 Å². The molecule has 0 aromatic heterocycles. The zero-order chi connectivity index (χ0) is 16.8. The minimum atomic E-state index is -0.562. The van der Waals surface area contributed by atoms with Crippen LogP contribution < -0.4 is 10.1 Å². The first-order chi connectivity index (χ1) is 11.7. The van der Waals surface area contributed by atoms with E-state index in [2.05, 4.69) is 5.32 Å². The summed E-state index contributed by atoms with van der Waals surface area (Å²) in [6.45, 7) is -0.479. The Morgan fingerprint density at radius 1 is 0.917 bits per heavy atom. The van der Waals surface area contributed by atoms with E-state index in [1.807, 2.05) is 42.5 Å². The van der Waals surface area contributed by atoms with Gasteiger partial charge in [-0.15, -0.1) is 0 Å². The minimum Gasteiger partial charge on any atom is -0.482 e. The van der Waals surface area contributed by atoms with Crippen LogP contribution in [0.5, 0.6) is 5.75 Å². The molecular weight excluding hydrogens is 306 g/mol. The van der Waals surface area contributed by atoms with Gasteiger partial charge in [-0.05, 0) is 36.1 Å². The van der Waals surface area contributed by atoms with Crippen LogP contribution in [-0.2, 0) is 14.3 Å². The van der Waals surface area contributed by atoms with Gasteiger partial charge in [-0.2, -0.15) is 0 Å². The third kappa shape index (κ3) is 4.84. The molecule has 0 bridgehead atoms. The van der Waals surface area contributed by atoms with E-state index in [1.165, 1.54) is 0 Å². The second-order valence-electron chi connectivity index (χ2n) is 5.68. The summed E-state index contributed by atoms with van der Waals surface area (Å²) in [6.07, 6.45) is 2.00. The van der Waals surface area contributed by atoms with Crippen molar-refractivity contribution in [1.29, 1.82) is 0 Å². The molecule has 5 nitrogen and oxygen atoms in total. The van der Waals surface area contributed by atoms with Crippen molar-refractivity contribution < 1.29 is 19.1 Å². The average molecular weight is 325 g/mol. The SMILES string of the molecule is O=C(COC(=O)COc1ccc(-c2ccccc2)cc1)NC1CC1. The standard InChI is InChI=1S/C19H19NO4/c21-18(20-16-8-9-16)12-24-19(22)13-23-17-10-6-15(7-11-17)14-4-2-1-3-5-14/h1-7,10-11,16H,8-9,12-13H2,(H,20,21). The molecule has 1 aliphatic carbocycles. The number of ether oxygens (including phenoxy) is 2. The maximum Gasteiger partial charge on any atom is 0.344 e. The molecule has 5 heteroatoms. The Bertz CT molecular complexity index is 693. The topological polar surface area (TPSA) is 64.6 Å². The molecule has 0 aliphatic heterocycles. The summed E-state index contributed by atoms with van der Waals surface area (Å²) < 4.78 is 10.2. The molecule has 1 aliphatic rings. The Labute approximate surface area is 140 Å². The molecule has 2 aromatic rings. The first kappa shape index (κ1) is 16.1. The summed E-state index contributed by atoms with van der Waals surface area (Å²) in [5, 5.41) is 2.75. The van der Waals surface area contributed by atoms with E-state index in [4.69, 9.17) is 9.47 Å². The van der Waals surface area contributed by atoms with Crippen LogP contribution in [-0.4, -0.2) is 31.1 Å². The van der Waals surface area contributed by atoms with Crippen LogP contribution in [0.15, 0.2) is 54.6 Å². The van der Waals surface area contributed by atoms with Gasteiger partial charge in [0.05, 0.1) is 0 Å². The number of amides is 1. The third-order valence-electron chi connectivity index (χ3n) is 3.62. The maximum atomic E-state index is 11.6. The van der Waals surface area contributed by atoms with Crippen LogP contribution >= 0.6 is 0 Å². The Balaban J connectivity index is 1.42. The molecule has 2 aromatic carbocycles. The summed E-state index contributed by atoms with van der Waals surface area (Å²) in [6, 6.07) is 17.7. The van der Waals surface area contributed by atoms with Crippen LogP contribution in [0, 0.1) is 0 Å². The van der Waals surface area contributed by atoms with Crippen molar-refractivity contribution in [2.75, 3.05) is 13.2 Å². The second kappa shape index (κ2) is 7.64. The number of nitrogens with one attached hydrogen (secondary N) is 1. The highest BCUT2D eigenvalue weighted by Crippen LogP contribution is 2.22. The van der Waals surface area contributed by atoms with Crippen LogP contribution in [0.2, 0.25) is 0 Å². The Morgan fingerprint density at radius 2 is 1.58 bits per heavy atom. The first-order valence-corrected chi connectivity index (χ1v) is 7.94. The van der Waals surface area contributed by atoms with E-state index < -0.39 is 5.97 Å². The molecule has 1 fully saturated rings. The molecule has 0 heterocycles. The smallest absolute Gasteiger partial charge is 0.344 e. The van der Waals surface area contributed by atoms with Crippen LogP contribution in [0.25, 0.3) is 11.1 Å². The Hall–Kier alpha value is -2.82. The highest BCUT2D eigenvalue weighted by Gasteiger charge is 2.23. The fourth-order valence-corrected chi connectivity index (χ4v) is 2.20. The molecule has 1 saturated carbocycles. The van der Waals surface area contributed by atoms with E-state index in [-0.39, 0.29) is 25.2 Å². The van der Waals surface area contributed by atoms with Gasteiger partial charge in [-0.1, -0.05) is 42.5 Å². The van der Waals surface area contributed by atoms with Crippen molar-refractivity contribution in [3.63, 3.8) is 0 Å². The van der Waals surface area contributed by atoms with E-state index in [0.29, 0.717) is 5.75 Å². The molecule has 24 heavy (non-hydrogen) atoms. The zero-order valence-corrected chi connectivity index (χ0v) is 13.2.